The molecule has 2 fully saturated rings. The zero-order valence-electron chi connectivity index (χ0n) is 8.14. The van der Waals surface area contributed by atoms with E-state index in [9.17, 15) is 14.4 Å². The van der Waals surface area contributed by atoms with Crippen LogP contribution in [0.1, 0.15) is 6.42 Å². The molecule has 0 aromatic heterocycles. The van der Waals surface area contributed by atoms with Gasteiger partial charge in [0, 0.05) is 25.4 Å². The lowest BCUT2D eigenvalue weighted by atomic mass is 10.2. The first-order valence-corrected chi connectivity index (χ1v) is 5.81. The third-order valence-corrected chi connectivity index (χ3v) is 3.56. The molecule has 2 aliphatic rings. The second-order valence-electron chi connectivity index (χ2n) is 3.61. The molecule has 1 atom stereocenters. The summed E-state index contributed by atoms with van der Waals surface area (Å²) in [6.07, 6.45) is 2.56. The minimum Gasteiger partial charge on any atom is -0.332 e. The molecule has 2 heterocycles. The smallest absolute Gasteiger partial charge is 0.312 e. The van der Waals surface area contributed by atoms with Crippen molar-refractivity contribution in [3.8, 4) is 0 Å². The van der Waals surface area contributed by atoms with Gasteiger partial charge in [-0.2, -0.15) is 0 Å². The van der Waals surface area contributed by atoms with Gasteiger partial charge in [0.2, 0.25) is 0 Å². The monoisotopic (exact) mass is 227 g/mol. The van der Waals surface area contributed by atoms with Crippen molar-refractivity contribution < 1.29 is 14.4 Å². The Labute approximate surface area is 91.8 Å². The highest BCUT2D eigenvalue weighted by Gasteiger charge is 2.35. The van der Waals surface area contributed by atoms with Crippen LogP contribution in [-0.4, -0.2) is 58.7 Å². The van der Waals surface area contributed by atoms with Gasteiger partial charge in [-0.15, -0.1) is 0 Å². The molecular weight excluding hydrogens is 216 g/mol. The normalized spacial score (nSPS) is 27.3. The predicted molar refractivity (Wildman–Crippen MR) is 54.8 cm³/mol. The minimum atomic E-state index is -0.413. The van der Waals surface area contributed by atoms with E-state index in [0.29, 0.717) is 25.4 Å². The molecule has 5 nitrogen and oxygen atoms in total. The molecule has 81 valence electrons. The van der Waals surface area contributed by atoms with E-state index in [1.165, 1.54) is 4.90 Å². The first-order valence-electron chi connectivity index (χ1n) is 4.83. The third-order valence-electron chi connectivity index (χ3n) is 2.73. The van der Waals surface area contributed by atoms with Gasteiger partial charge in [-0.1, -0.05) is 11.8 Å². The van der Waals surface area contributed by atoms with E-state index in [2.05, 4.69) is 0 Å². The van der Waals surface area contributed by atoms with Crippen molar-refractivity contribution >= 4 is 29.2 Å². The molecule has 0 unspecified atom stereocenters. The van der Waals surface area contributed by atoms with Crippen LogP contribution in [-0.2, 0) is 14.4 Å². The van der Waals surface area contributed by atoms with Gasteiger partial charge in [0.1, 0.15) is 0 Å². The summed E-state index contributed by atoms with van der Waals surface area (Å²) in [5, 5.41) is -0.380. The molecule has 0 aromatic carbocycles. The van der Waals surface area contributed by atoms with Gasteiger partial charge in [0.15, 0.2) is 0 Å². The van der Waals surface area contributed by atoms with Crippen molar-refractivity contribution in [2.24, 2.45) is 0 Å². The van der Waals surface area contributed by atoms with Crippen LogP contribution in [0.4, 0.5) is 0 Å². The fraction of sp³-hybridized carbons (Fsp3) is 0.667. The highest BCUT2D eigenvalue weighted by molar-refractivity contribution is 8.15. The Kier molecular flexibility index (Phi) is 2.95. The Morgan fingerprint density at radius 2 is 2.13 bits per heavy atom. The Balaban J connectivity index is 2.01. The summed E-state index contributed by atoms with van der Waals surface area (Å²) in [6.45, 7) is 1.74. The van der Waals surface area contributed by atoms with E-state index in [0.717, 1.165) is 18.2 Å². The summed E-state index contributed by atoms with van der Waals surface area (Å²) >= 11 is 1.07. The van der Waals surface area contributed by atoms with Crippen molar-refractivity contribution in [2.75, 3.05) is 25.4 Å². The summed E-state index contributed by atoms with van der Waals surface area (Å²) in [6, 6.07) is 0.00352. The molecule has 2 aliphatic heterocycles. The number of hydrogen-bond donors (Lipinski definition) is 0. The van der Waals surface area contributed by atoms with Gasteiger partial charge in [0.25, 0.3) is 5.12 Å². The first-order chi connectivity index (χ1) is 7.22. The van der Waals surface area contributed by atoms with Gasteiger partial charge in [-0.05, 0) is 6.42 Å². The Bertz CT molecular complexity index is 308. The van der Waals surface area contributed by atoms with Crippen LogP contribution in [0, 0.1) is 0 Å². The van der Waals surface area contributed by atoms with E-state index in [1.807, 2.05) is 6.41 Å². The predicted octanol–water partition coefficient (Wildman–Crippen LogP) is -0.770. The van der Waals surface area contributed by atoms with Crippen LogP contribution in [0.25, 0.3) is 0 Å². The fourth-order valence-corrected chi connectivity index (χ4v) is 2.66. The molecule has 15 heavy (non-hydrogen) atoms. The number of hydrogen-bond acceptors (Lipinski definition) is 4. The van der Waals surface area contributed by atoms with Gasteiger partial charge in [-0.25, -0.2) is 0 Å². The molecule has 2 amide bonds. The largest absolute Gasteiger partial charge is 0.332 e. The SMILES string of the molecule is O=[C]N1CC[C@H](N2CCSC(=O)C2=O)C1. The van der Waals surface area contributed by atoms with Crippen molar-refractivity contribution in [1.29, 1.82) is 0 Å². The molecule has 0 aromatic rings. The average molecular weight is 227 g/mol. The highest BCUT2D eigenvalue weighted by Crippen LogP contribution is 2.20. The quantitative estimate of drug-likeness (QED) is 0.581. The van der Waals surface area contributed by atoms with Crippen LogP contribution in [0.3, 0.4) is 0 Å². The summed E-state index contributed by atoms with van der Waals surface area (Å²) in [5.41, 5.74) is 0. The van der Waals surface area contributed by atoms with Gasteiger partial charge in [-0.3, -0.25) is 14.4 Å². The maximum Gasteiger partial charge on any atom is 0.312 e. The number of amides is 2. The Hall–Kier alpha value is -1.04. The van der Waals surface area contributed by atoms with E-state index in [-0.39, 0.29) is 11.2 Å². The zero-order valence-corrected chi connectivity index (χ0v) is 8.96. The Morgan fingerprint density at radius 1 is 1.33 bits per heavy atom. The Morgan fingerprint density at radius 3 is 2.80 bits per heavy atom. The van der Waals surface area contributed by atoms with Crippen LogP contribution in [0.15, 0.2) is 0 Å². The molecule has 1 radical (unpaired) electrons. The maximum absolute atomic E-state index is 11.5. The first kappa shape index (κ1) is 10.5. The number of likely N-dealkylation sites (tertiary alicyclic amines) is 1. The summed E-state index contributed by atoms with van der Waals surface area (Å²) < 4.78 is 0. The molecule has 0 saturated carbocycles. The van der Waals surface area contributed by atoms with Crippen LogP contribution < -0.4 is 0 Å². The zero-order chi connectivity index (χ0) is 10.8. The molecular formula is C9H11N2O3S. The third kappa shape index (κ3) is 1.99. The maximum atomic E-state index is 11.5. The molecule has 2 rings (SSSR count). The number of nitrogens with zero attached hydrogens (tertiary/aromatic N) is 2. The second-order valence-corrected chi connectivity index (χ2v) is 4.68. The number of carbonyl (C=O) groups is 2. The average Bonchev–Trinajstić information content (AvgIpc) is 2.70. The highest BCUT2D eigenvalue weighted by atomic mass is 32.2. The van der Waals surface area contributed by atoms with Crippen molar-refractivity contribution in [3.05, 3.63) is 0 Å². The lowest BCUT2D eigenvalue weighted by molar-refractivity contribution is -0.142. The van der Waals surface area contributed by atoms with Crippen molar-refractivity contribution in [1.82, 2.24) is 9.80 Å². The summed E-state index contributed by atoms with van der Waals surface area (Å²) in [4.78, 5) is 36.3. The van der Waals surface area contributed by atoms with Gasteiger partial charge < -0.3 is 9.80 Å². The number of rotatable bonds is 2. The van der Waals surface area contributed by atoms with Crippen LogP contribution >= 0.6 is 11.8 Å². The van der Waals surface area contributed by atoms with E-state index in [4.69, 9.17) is 0 Å². The van der Waals surface area contributed by atoms with Gasteiger partial charge >= 0.3 is 12.3 Å². The molecule has 0 N–H and O–H groups in total. The van der Waals surface area contributed by atoms with E-state index < -0.39 is 5.91 Å². The molecule has 2 saturated heterocycles. The topological polar surface area (TPSA) is 57.7 Å². The van der Waals surface area contributed by atoms with E-state index >= 15 is 0 Å². The lowest BCUT2D eigenvalue weighted by Gasteiger charge is -2.30. The summed E-state index contributed by atoms with van der Waals surface area (Å²) in [5.74, 6) is 0.246. The summed E-state index contributed by atoms with van der Waals surface area (Å²) in [7, 11) is 0. The van der Waals surface area contributed by atoms with Crippen molar-refractivity contribution in [2.45, 2.75) is 12.5 Å². The second kappa shape index (κ2) is 4.22. The molecule has 0 aliphatic carbocycles. The van der Waals surface area contributed by atoms with Crippen LogP contribution in [0.2, 0.25) is 0 Å². The number of carbonyl (C=O) groups excluding carboxylic acids is 3. The fourth-order valence-electron chi connectivity index (χ4n) is 1.94. The molecule has 6 heteroatoms. The standard InChI is InChI=1S/C9H11N2O3S/c12-6-10-2-1-7(5-10)11-3-4-15-9(14)8(11)13/h7H,1-5H2/t7-/m0/s1. The van der Waals surface area contributed by atoms with E-state index in [1.54, 1.807) is 4.90 Å². The lowest BCUT2D eigenvalue weighted by Crippen LogP contribution is -2.48. The minimum absolute atomic E-state index is 0.00352. The van der Waals surface area contributed by atoms with Crippen LogP contribution in [0.5, 0.6) is 0 Å². The molecule has 0 spiro atoms. The number of thioether (sulfide) groups is 1. The van der Waals surface area contributed by atoms with Gasteiger partial charge in [0.05, 0.1) is 6.04 Å². The van der Waals surface area contributed by atoms with Crippen molar-refractivity contribution in [3.63, 3.8) is 0 Å². The molecule has 0 bridgehead atoms.